The lowest BCUT2D eigenvalue weighted by molar-refractivity contribution is -0.131. The van der Waals surface area contributed by atoms with Crippen LogP contribution in [0.5, 0.6) is 5.75 Å². The van der Waals surface area contributed by atoms with Crippen LogP contribution >= 0.6 is 0 Å². The van der Waals surface area contributed by atoms with Crippen LogP contribution in [-0.4, -0.2) is 42.6 Å². The van der Waals surface area contributed by atoms with E-state index in [1.807, 2.05) is 12.1 Å². The molecule has 0 aliphatic rings. The maximum Gasteiger partial charge on any atom is 0.328 e. The lowest BCUT2D eigenvalue weighted by atomic mass is 10.1. The first-order valence-electron chi connectivity index (χ1n) is 5.97. The maximum absolute atomic E-state index is 10.8. The molecule has 1 rings (SSSR count). The molecule has 1 aromatic carbocycles. The molecule has 1 amide bonds. The standard InChI is InChI=1S/C14H18N2O4/c1-16(9-13(15)17)8-10-3-5-12(20-2)11(7-10)4-6-14(18)19/h3-7H,8-9H2,1-2H3,(H2,15,17)(H,18,19). The van der Waals surface area contributed by atoms with Crippen LogP contribution in [0.25, 0.3) is 6.08 Å². The molecule has 0 radical (unpaired) electrons. The molecule has 108 valence electrons. The van der Waals surface area contributed by atoms with Crippen LogP contribution in [0, 0.1) is 0 Å². The average Bonchev–Trinajstić information content (AvgIpc) is 2.35. The molecule has 0 bridgehead atoms. The molecule has 0 aliphatic heterocycles. The van der Waals surface area contributed by atoms with Crippen LogP contribution < -0.4 is 10.5 Å². The number of hydrogen-bond acceptors (Lipinski definition) is 4. The predicted octanol–water partition coefficient (Wildman–Crippen LogP) is 0.710. The first-order valence-corrected chi connectivity index (χ1v) is 5.97. The maximum atomic E-state index is 10.8. The number of carbonyl (C=O) groups is 2. The summed E-state index contributed by atoms with van der Waals surface area (Å²) in [6.45, 7) is 0.688. The van der Waals surface area contributed by atoms with E-state index in [0.29, 0.717) is 17.9 Å². The van der Waals surface area contributed by atoms with Crippen molar-refractivity contribution < 1.29 is 19.4 Å². The zero-order chi connectivity index (χ0) is 15.1. The Morgan fingerprint density at radius 1 is 1.45 bits per heavy atom. The van der Waals surface area contributed by atoms with E-state index in [0.717, 1.165) is 11.6 Å². The fourth-order valence-electron chi connectivity index (χ4n) is 1.81. The number of benzene rings is 1. The monoisotopic (exact) mass is 278 g/mol. The molecule has 0 atom stereocenters. The minimum absolute atomic E-state index is 0.159. The van der Waals surface area contributed by atoms with Crippen LogP contribution in [0.1, 0.15) is 11.1 Å². The fourth-order valence-corrected chi connectivity index (χ4v) is 1.81. The summed E-state index contributed by atoms with van der Waals surface area (Å²) in [5, 5.41) is 8.67. The summed E-state index contributed by atoms with van der Waals surface area (Å²) in [4.78, 5) is 23.2. The molecule has 6 heteroatoms. The van der Waals surface area contributed by atoms with Crippen LogP contribution in [-0.2, 0) is 16.1 Å². The number of carboxylic acid groups (broad SMARTS) is 1. The smallest absolute Gasteiger partial charge is 0.328 e. The van der Waals surface area contributed by atoms with Crippen molar-refractivity contribution in [3.63, 3.8) is 0 Å². The number of primary amides is 1. The van der Waals surface area contributed by atoms with Gasteiger partial charge in [0.1, 0.15) is 5.75 Å². The fraction of sp³-hybridized carbons (Fsp3) is 0.286. The van der Waals surface area contributed by atoms with Crippen molar-refractivity contribution in [1.29, 1.82) is 0 Å². The second-order valence-electron chi connectivity index (χ2n) is 4.39. The summed E-state index contributed by atoms with van der Waals surface area (Å²) in [7, 11) is 3.30. The summed E-state index contributed by atoms with van der Waals surface area (Å²) in [6, 6.07) is 5.43. The molecule has 0 unspecified atom stereocenters. The van der Waals surface area contributed by atoms with Crippen molar-refractivity contribution in [2.75, 3.05) is 20.7 Å². The largest absolute Gasteiger partial charge is 0.496 e. The summed E-state index contributed by atoms with van der Waals surface area (Å²) >= 11 is 0. The molecule has 1 aromatic rings. The van der Waals surface area contributed by atoms with Crippen molar-refractivity contribution in [3.05, 3.63) is 35.4 Å². The molecule has 0 saturated carbocycles. The third-order valence-corrected chi connectivity index (χ3v) is 2.58. The topological polar surface area (TPSA) is 92.9 Å². The lowest BCUT2D eigenvalue weighted by Gasteiger charge is -2.15. The number of carboxylic acids is 1. The molecular formula is C14H18N2O4. The molecule has 3 N–H and O–H groups in total. The number of nitrogens with zero attached hydrogens (tertiary/aromatic N) is 1. The van der Waals surface area contributed by atoms with E-state index < -0.39 is 11.9 Å². The number of rotatable bonds is 7. The zero-order valence-corrected chi connectivity index (χ0v) is 11.5. The first-order chi connectivity index (χ1) is 9.42. The third kappa shape index (κ3) is 5.11. The molecule has 20 heavy (non-hydrogen) atoms. The Morgan fingerprint density at radius 3 is 2.70 bits per heavy atom. The van der Waals surface area contributed by atoms with Gasteiger partial charge in [-0.05, 0) is 30.8 Å². The van der Waals surface area contributed by atoms with Gasteiger partial charge in [-0.25, -0.2) is 4.79 Å². The van der Waals surface area contributed by atoms with Crippen molar-refractivity contribution >= 4 is 18.0 Å². The Labute approximate surface area is 117 Å². The number of aliphatic carboxylic acids is 1. The van der Waals surface area contributed by atoms with Gasteiger partial charge in [0.05, 0.1) is 13.7 Å². The highest BCUT2D eigenvalue weighted by atomic mass is 16.5. The summed E-state index contributed by atoms with van der Waals surface area (Å²) in [6.07, 6.45) is 2.52. The SMILES string of the molecule is COc1ccc(CN(C)CC(N)=O)cc1C=CC(=O)O. The average molecular weight is 278 g/mol. The van der Waals surface area contributed by atoms with Gasteiger partial charge in [-0.1, -0.05) is 6.07 Å². The van der Waals surface area contributed by atoms with E-state index in [2.05, 4.69) is 0 Å². The number of methoxy groups -OCH3 is 1. The van der Waals surface area contributed by atoms with Crippen LogP contribution in [0.15, 0.2) is 24.3 Å². The minimum Gasteiger partial charge on any atom is -0.496 e. The molecule has 0 heterocycles. The number of amides is 1. The molecule has 0 aliphatic carbocycles. The van der Waals surface area contributed by atoms with E-state index in [-0.39, 0.29) is 6.54 Å². The lowest BCUT2D eigenvalue weighted by Crippen LogP contribution is -2.30. The van der Waals surface area contributed by atoms with Crippen molar-refractivity contribution in [2.24, 2.45) is 5.73 Å². The van der Waals surface area contributed by atoms with Gasteiger partial charge in [0.15, 0.2) is 0 Å². The molecule has 0 saturated heterocycles. The molecular weight excluding hydrogens is 260 g/mol. The van der Waals surface area contributed by atoms with Crippen molar-refractivity contribution in [3.8, 4) is 5.75 Å². The highest BCUT2D eigenvalue weighted by molar-refractivity contribution is 5.86. The molecule has 0 spiro atoms. The first kappa shape index (κ1) is 15.7. The van der Waals surface area contributed by atoms with Gasteiger partial charge < -0.3 is 15.6 Å². The van der Waals surface area contributed by atoms with Gasteiger partial charge in [0.2, 0.25) is 5.91 Å². The minimum atomic E-state index is -1.02. The normalized spacial score (nSPS) is 10.9. The third-order valence-electron chi connectivity index (χ3n) is 2.58. The highest BCUT2D eigenvalue weighted by Gasteiger charge is 2.07. The van der Waals surface area contributed by atoms with E-state index in [1.165, 1.54) is 13.2 Å². The summed E-state index contributed by atoms with van der Waals surface area (Å²) in [5.41, 5.74) is 6.72. The Balaban J connectivity index is 2.91. The van der Waals surface area contributed by atoms with Gasteiger partial charge in [0.25, 0.3) is 0 Å². The van der Waals surface area contributed by atoms with Gasteiger partial charge in [-0.3, -0.25) is 9.69 Å². The number of ether oxygens (including phenoxy) is 1. The molecule has 0 aromatic heterocycles. The number of likely N-dealkylation sites (N-methyl/N-ethyl adjacent to an activating group) is 1. The van der Waals surface area contributed by atoms with Crippen LogP contribution in [0.3, 0.4) is 0 Å². The van der Waals surface area contributed by atoms with Gasteiger partial charge in [-0.2, -0.15) is 0 Å². The number of carbonyl (C=O) groups excluding carboxylic acids is 1. The van der Waals surface area contributed by atoms with E-state index in [1.54, 1.807) is 18.0 Å². The number of nitrogens with two attached hydrogens (primary N) is 1. The molecule has 0 fully saturated rings. The summed E-state index contributed by atoms with van der Waals surface area (Å²) < 4.78 is 5.17. The second kappa shape index (κ2) is 7.30. The van der Waals surface area contributed by atoms with Crippen LogP contribution in [0.4, 0.5) is 0 Å². The summed E-state index contributed by atoms with van der Waals surface area (Å²) in [5.74, 6) is -0.834. The Kier molecular flexibility index (Phi) is 5.74. The Bertz CT molecular complexity index is 526. The number of hydrogen-bond donors (Lipinski definition) is 2. The molecule has 6 nitrogen and oxygen atoms in total. The second-order valence-corrected chi connectivity index (χ2v) is 4.39. The highest BCUT2D eigenvalue weighted by Crippen LogP contribution is 2.22. The van der Waals surface area contributed by atoms with E-state index in [9.17, 15) is 9.59 Å². The zero-order valence-electron chi connectivity index (χ0n) is 11.5. The Hall–Kier alpha value is -2.34. The van der Waals surface area contributed by atoms with Crippen molar-refractivity contribution in [1.82, 2.24) is 4.90 Å². The quantitative estimate of drug-likeness (QED) is 0.716. The van der Waals surface area contributed by atoms with Gasteiger partial charge in [0, 0.05) is 18.2 Å². The van der Waals surface area contributed by atoms with Gasteiger partial charge >= 0.3 is 5.97 Å². The van der Waals surface area contributed by atoms with Crippen LogP contribution in [0.2, 0.25) is 0 Å². The Morgan fingerprint density at radius 2 is 2.15 bits per heavy atom. The van der Waals surface area contributed by atoms with E-state index >= 15 is 0 Å². The van der Waals surface area contributed by atoms with Gasteiger partial charge in [-0.15, -0.1) is 0 Å². The van der Waals surface area contributed by atoms with E-state index in [4.69, 9.17) is 15.6 Å². The van der Waals surface area contributed by atoms with Crippen molar-refractivity contribution in [2.45, 2.75) is 6.54 Å². The predicted molar refractivity (Wildman–Crippen MR) is 75.2 cm³/mol.